The van der Waals surface area contributed by atoms with Gasteiger partial charge < -0.3 is 5.32 Å². The molecule has 1 aromatic carbocycles. The summed E-state index contributed by atoms with van der Waals surface area (Å²) >= 11 is 2.83. The number of hydrogen-bond acceptors (Lipinski definition) is 3. The zero-order valence-corrected chi connectivity index (χ0v) is 12.3. The molecule has 2 rings (SSSR count). The molecule has 19 heavy (non-hydrogen) atoms. The molecule has 0 amide bonds. The van der Waals surface area contributed by atoms with E-state index in [9.17, 15) is 17.2 Å². The second kappa shape index (κ2) is 5.72. The van der Waals surface area contributed by atoms with Gasteiger partial charge in [0.2, 0.25) is 10.0 Å². The van der Waals surface area contributed by atoms with Crippen LogP contribution in [0.15, 0.2) is 16.6 Å². The lowest BCUT2D eigenvalue weighted by Crippen LogP contribution is -2.33. The van der Waals surface area contributed by atoms with Crippen molar-refractivity contribution in [3.63, 3.8) is 0 Å². The minimum Gasteiger partial charge on any atom is -0.313 e. The molecule has 1 fully saturated rings. The van der Waals surface area contributed by atoms with E-state index >= 15 is 0 Å². The number of rotatable bonds is 4. The van der Waals surface area contributed by atoms with Gasteiger partial charge in [0.15, 0.2) is 0 Å². The van der Waals surface area contributed by atoms with E-state index in [1.807, 2.05) is 0 Å². The van der Waals surface area contributed by atoms with E-state index in [2.05, 4.69) is 26.0 Å². The summed E-state index contributed by atoms with van der Waals surface area (Å²) < 4.78 is 52.5. The Morgan fingerprint density at radius 1 is 1.37 bits per heavy atom. The Morgan fingerprint density at radius 2 is 2.11 bits per heavy atom. The lowest BCUT2D eigenvalue weighted by atomic mass is 10.3. The first-order chi connectivity index (χ1) is 8.87. The fourth-order valence-corrected chi connectivity index (χ4v) is 3.68. The van der Waals surface area contributed by atoms with Crippen LogP contribution in [0, 0.1) is 11.6 Å². The van der Waals surface area contributed by atoms with Gasteiger partial charge >= 0.3 is 0 Å². The van der Waals surface area contributed by atoms with Gasteiger partial charge in [-0.25, -0.2) is 17.2 Å². The average molecular weight is 355 g/mol. The Labute approximate surface area is 118 Å². The fraction of sp³-hybridized carbons (Fsp3) is 0.455. The Bertz CT molecular complexity index is 574. The zero-order chi connectivity index (χ0) is 14.0. The van der Waals surface area contributed by atoms with Crippen LogP contribution < -0.4 is 10.0 Å². The normalized spacial score (nSPS) is 19.6. The Hall–Kier alpha value is -0.730. The number of anilines is 1. The quantitative estimate of drug-likeness (QED) is 0.815. The maximum Gasteiger partial charge on any atom is 0.234 e. The molecular weight excluding hydrogens is 342 g/mol. The van der Waals surface area contributed by atoms with Crippen LogP contribution in [-0.2, 0) is 10.0 Å². The van der Waals surface area contributed by atoms with Gasteiger partial charge in [0, 0.05) is 12.1 Å². The van der Waals surface area contributed by atoms with E-state index in [4.69, 9.17) is 0 Å². The molecule has 4 nitrogen and oxygen atoms in total. The van der Waals surface area contributed by atoms with Crippen LogP contribution in [0.4, 0.5) is 14.5 Å². The van der Waals surface area contributed by atoms with Crippen LogP contribution in [0.3, 0.4) is 0 Å². The van der Waals surface area contributed by atoms with Crippen LogP contribution in [0.25, 0.3) is 0 Å². The highest BCUT2D eigenvalue weighted by Gasteiger charge is 2.23. The van der Waals surface area contributed by atoms with Crippen molar-refractivity contribution >= 4 is 31.6 Å². The van der Waals surface area contributed by atoms with Gasteiger partial charge in [0.1, 0.15) is 11.6 Å². The van der Waals surface area contributed by atoms with Gasteiger partial charge in [0.05, 0.1) is 15.9 Å². The van der Waals surface area contributed by atoms with E-state index in [0.717, 1.165) is 31.5 Å². The minimum absolute atomic E-state index is 0.0505. The maximum atomic E-state index is 13.5. The second-order valence-corrected chi connectivity index (χ2v) is 7.04. The molecule has 1 heterocycles. The molecule has 0 radical (unpaired) electrons. The van der Waals surface area contributed by atoms with Gasteiger partial charge in [-0.2, -0.15) is 0 Å². The summed E-state index contributed by atoms with van der Waals surface area (Å²) in [7, 11) is -3.70. The van der Waals surface area contributed by atoms with Gasteiger partial charge in [-0.1, -0.05) is 0 Å². The van der Waals surface area contributed by atoms with Crippen molar-refractivity contribution in [2.24, 2.45) is 0 Å². The highest BCUT2D eigenvalue weighted by Crippen LogP contribution is 2.24. The van der Waals surface area contributed by atoms with Crippen LogP contribution in [0.1, 0.15) is 12.8 Å². The molecule has 2 N–H and O–H groups in total. The van der Waals surface area contributed by atoms with Gasteiger partial charge in [-0.15, -0.1) is 0 Å². The average Bonchev–Trinajstić information content (AvgIpc) is 2.77. The largest absolute Gasteiger partial charge is 0.313 e. The summed E-state index contributed by atoms with van der Waals surface area (Å²) in [4.78, 5) is 0. The van der Waals surface area contributed by atoms with Crippen molar-refractivity contribution < 1.29 is 17.2 Å². The van der Waals surface area contributed by atoms with E-state index in [1.165, 1.54) is 0 Å². The number of hydrogen-bond donors (Lipinski definition) is 2. The highest BCUT2D eigenvalue weighted by molar-refractivity contribution is 9.10. The molecule has 106 valence electrons. The summed E-state index contributed by atoms with van der Waals surface area (Å²) in [6, 6.07) is 1.57. The Kier molecular flexibility index (Phi) is 4.42. The first kappa shape index (κ1) is 14.7. The Morgan fingerprint density at radius 3 is 2.74 bits per heavy atom. The van der Waals surface area contributed by atoms with E-state index in [0.29, 0.717) is 0 Å². The van der Waals surface area contributed by atoms with Crippen molar-refractivity contribution in [2.45, 2.75) is 18.9 Å². The fourth-order valence-electron chi connectivity index (χ4n) is 1.97. The summed E-state index contributed by atoms with van der Waals surface area (Å²) in [6.07, 6.45) is 1.68. The Balaban J connectivity index is 2.13. The van der Waals surface area contributed by atoms with Crippen molar-refractivity contribution in [1.29, 1.82) is 0 Å². The monoisotopic (exact) mass is 354 g/mol. The first-order valence-electron chi connectivity index (χ1n) is 5.76. The third-order valence-electron chi connectivity index (χ3n) is 2.86. The molecule has 0 spiro atoms. The molecular formula is C11H13BrF2N2O2S. The van der Waals surface area contributed by atoms with E-state index in [1.54, 1.807) is 0 Å². The lowest BCUT2D eigenvalue weighted by molar-refractivity contribution is 0.578. The smallest absolute Gasteiger partial charge is 0.234 e. The molecule has 1 saturated heterocycles. The van der Waals surface area contributed by atoms with Gasteiger partial charge in [-0.3, -0.25) is 4.72 Å². The molecule has 0 aliphatic carbocycles. The lowest BCUT2D eigenvalue weighted by Gasteiger charge is -2.13. The first-order valence-corrected chi connectivity index (χ1v) is 8.20. The molecule has 0 aromatic heterocycles. The van der Waals surface area contributed by atoms with Crippen molar-refractivity contribution in [1.82, 2.24) is 5.32 Å². The SMILES string of the molecule is O=S(=O)(CC1CCCN1)Nc1cc(F)c(Br)cc1F. The third kappa shape index (κ3) is 3.87. The second-order valence-electron chi connectivity index (χ2n) is 4.42. The van der Waals surface area contributed by atoms with Crippen LogP contribution >= 0.6 is 15.9 Å². The van der Waals surface area contributed by atoms with Crippen LogP contribution in [0.2, 0.25) is 0 Å². The minimum atomic E-state index is -3.70. The molecule has 0 bridgehead atoms. The molecule has 1 unspecified atom stereocenters. The van der Waals surface area contributed by atoms with Gasteiger partial charge in [0.25, 0.3) is 0 Å². The molecule has 1 aromatic rings. The van der Waals surface area contributed by atoms with Crippen molar-refractivity contribution in [3.8, 4) is 0 Å². The number of nitrogens with one attached hydrogen (secondary N) is 2. The molecule has 1 atom stereocenters. The number of halogens is 3. The zero-order valence-electron chi connectivity index (χ0n) is 9.92. The molecule has 1 aliphatic heterocycles. The number of benzene rings is 1. The van der Waals surface area contributed by atoms with Crippen molar-refractivity contribution in [2.75, 3.05) is 17.0 Å². The molecule has 1 aliphatic rings. The third-order valence-corrected chi connectivity index (χ3v) is 4.84. The number of sulfonamides is 1. The molecule has 0 saturated carbocycles. The summed E-state index contributed by atoms with van der Waals surface area (Å²) in [5, 5.41) is 3.04. The molecule has 8 heteroatoms. The van der Waals surface area contributed by atoms with Crippen LogP contribution in [0.5, 0.6) is 0 Å². The maximum absolute atomic E-state index is 13.5. The van der Waals surface area contributed by atoms with E-state index < -0.39 is 21.7 Å². The van der Waals surface area contributed by atoms with E-state index in [-0.39, 0.29) is 22.0 Å². The van der Waals surface area contributed by atoms with Gasteiger partial charge in [-0.05, 0) is 41.4 Å². The summed E-state index contributed by atoms with van der Waals surface area (Å²) in [5.74, 6) is -1.70. The summed E-state index contributed by atoms with van der Waals surface area (Å²) in [5.41, 5.74) is -0.376. The van der Waals surface area contributed by atoms with Crippen LogP contribution in [-0.4, -0.2) is 26.8 Å². The van der Waals surface area contributed by atoms with Crippen molar-refractivity contribution in [3.05, 3.63) is 28.2 Å². The predicted octanol–water partition coefficient (Wildman–Crippen LogP) is 2.22. The topological polar surface area (TPSA) is 58.2 Å². The standard InChI is InChI=1S/C11H13BrF2N2O2S/c12-8-4-10(14)11(5-9(8)13)16-19(17,18)6-7-2-1-3-15-7/h4-5,7,15-16H,1-3,6H2. The highest BCUT2D eigenvalue weighted by atomic mass is 79.9. The summed E-state index contributed by atoms with van der Waals surface area (Å²) in [6.45, 7) is 0.779. The predicted molar refractivity (Wildman–Crippen MR) is 72.5 cm³/mol.